The standard InChI is InChI=1S/C35H38N6O13S/c1-18-28-27(19(2)42)32(44)39(28)29(33(45)46)30(18)55-25-13-26(38(15-25)35(48)54-17-21-5-9-24(10-6-21)41(51)52)31(43)36-22-11-12-37(14-22)34(47)53-16-20-3-7-23(8-4-20)40(49)50/h3-10,18-19,22,25-28,42H,11-17H2,1-2H3,(H,36,43)(H,45,46)/t18-,19-,22+,25+,26+,27-,28-/m1/s1. The van der Waals surface area contributed by atoms with Crippen LogP contribution in [0.3, 0.4) is 0 Å². The molecule has 2 aromatic rings. The second kappa shape index (κ2) is 15.9. The Morgan fingerprint density at radius 1 is 0.945 bits per heavy atom. The van der Waals surface area contributed by atoms with Crippen molar-refractivity contribution in [2.45, 2.75) is 69.4 Å². The molecule has 4 amide bonds. The summed E-state index contributed by atoms with van der Waals surface area (Å²) in [5.74, 6) is -3.52. The minimum atomic E-state index is -1.31. The quantitative estimate of drug-likeness (QED) is 0.159. The van der Waals surface area contributed by atoms with Crippen LogP contribution in [-0.4, -0.2) is 114 Å². The number of aliphatic hydroxyl groups excluding tert-OH is 1. The van der Waals surface area contributed by atoms with Crippen LogP contribution in [0.2, 0.25) is 0 Å². The number of carboxylic acid groups (broad SMARTS) is 1. The number of hydrogen-bond acceptors (Lipinski definition) is 13. The number of hydrogen-bond donors (Lipinski definition) is 3. The van der Waals surface area contributed by atoms with Crippen LogP contribution < -0.4 is 5.32 Å². The van der Waals surface area contributed by atoms with Crippen molar-refractivity contribution < 1.29 is 53.5 Å². The summed E-state index contributed by atoms with van der Waals surface area (Å²) in [4.78, 5) is 90.5. The maximum Gasteiger partial charge on any atom is 0.410 e. The van der Waals surface area contributed by atoms with Gasteiger partial charge in [0, 0.05) is 66.0 Å². The van der Waals surface area contributed by atoms with Crippen LogP contribution in [0.15, 0.2) is 59.1 Å². The van der Waals surface area contributed by atoms with Gasteiger partial charge in [-0.3, -0.25) is 34.7 Å². The molecule has 0 saturated carbocycles. The number of β-lactam (4-membered cyclic amide) rings is 1. The highest BCUT2D eigenvalue weighted by Crippen LogP contribution is 2.52. The maximum absolute atomic E-state index is 13.8. The minimum absolute atomic E-state index is 0.0187. The molecule has 6 rings (SSSR count). The Morgan fingerprint density at radius 3 is 2.04 bits per heavy atom. The first-order valence-electron chi connectivity index (χ1n) is 17.4. The van der Waals surface area contributed by atoms with Gasteiger partial charge in [-0.25, -0.2) is 14.4 Å². The van der Waals surface area contributed by atoms with E-state index in [4.69, 9.17) is 9.47 Å². The third-order valence-corrected chi connectivity index (χ3v) is 11.7. The summed E-state index contributed by atoms with van der Waals surface area (Å²) in [6.45, 7) is 3.25. The fourth-order valence-corrected chi connectivity index (χ4v) is 8.95. The molecule has 0 radical (unpaired) electrons. The number of carbonyl (C=O) groups excluding carboxylic acids is 4. The van der Waals surface area contributed by atoms with Gasteiger partial charge in [0.25, 0.3) is 11.4 Å². The van der Waals surface area contributed by atoms with E-state index in [-0.39, 0.29) is 56.3 Å². The molecule has 3 fully saturated rings. The molecule has 0 unspecified atom stereocenters. The zero-order chi connectivity index (χ0) is 39.7. The van der Waals surface area contributed by atoms with Gasteiger partial charge in [0.15, 0.2) is 0 Å². The number of nitrogens with zero attached hydrogens (tertiary/aromatic N) is 5. The van der Waals surface area contributed by atoms with E-state index in [0.29, 0.717) is 22.5 Å². The highest BCUT2D eigenvalue weighted by atomic mass is 32.2. The van der Waals surface area contributed by atoms with Crippen LogP contribution in [0.4, 0.5) is 21.0 Å². The second-order valence-electron chi connectivity index (χ2n) is 13.8. The molecule has 0 bridgehead atoms. The molecule has 4 heterocycles. The third-order valence-electron chi connectivity index (χ3n) is 10.2. The number of carboxylic acids is 1. The van der Waals surface area contributed by atoms with Crippen molar-refractivity contribution in [3.8, 4) is 0 Å². The minimum Gasteiger partial charge on any atom is -0.477 e. The number of nitro groups is 2. The van der Waals surface area contributed by atoms with Gasteiger partial charge in [-0.15, -0.1) is 11.8 Å². The number of likely N-dealkylation sites (tertiary alicyclic amines) is 2. The Kier molecular flexibility index (Phi) is 11.3. The first kappa shape index (κ1) is 38.9. The number of nitrogens with one attached hydrogen (secondary N) is 1. The van der Waals surface area contributed by atoms with Gasteiger partial charge in [-0.2, -0.15) is 0 Å². The summed E-state index contributed by atoms with van der Waals surface area (Å²) in [6.07, 6.45) is -1.99. The monoisotopic (exact) mass is 782 g/mol. The molecule has 4 aliphatic rings. The lowest BCUT2D eigenvalue weighted by molar-refractivity contribution is -0.385. The van der Waals surface area contributed by atoms with Crippen molar-refractivity contribution in [1.82, 2.24) is 20.0 Å². The molecular formula is C35H38N6O13S. The second-order valence-corrected chi connectivity index (χ2v) is 15.2. The van der Waals surface area contributed by atoms with Crippen LogP contribution in [0.1, 0.15) is 37.8 Å². The molecule has 2 aromatic carbocycles. The average molecular weight is 783 g/mol. The zero-order valence-electron chi connectivity index (χ0n) is 29.6. The van der Waals surface area contributed by atoms with E-state index in [1.807, 2.05) is 0 Å². The highest BCUT2D eigenvalue weighted by molar-refractivity contribution is 8.03. The number of carbonyl (C=O) groups is 5. The number of amides is 4. The molecule has 0 aromatic heterocycles. The van der Waals surface area contributed by atoms with Gasteiger partial charge < -0.3 is 34.8 Å². The van der Waals surface area contributed by atoms with E-state index in [1.165, 1.54) is 70.2 Å². The predicted molar refractivity (Wildman–Crippen MR) is 191 cm³/mol. The summed E-state index contributed by atoms with van der Waals surface area (Å²) in [5.41, 5.74) is 0.594. The Morgan fingerprint density at radius 2 is 1.51 bits per heavy atom. The number of rotatable bonds is 12. The normalized spacial score (nSPS) is 24.9. The Balaban J connectivity index is 1.12. The number of non-ortho nitro benzene ring substituents is 2. The highest BCUT2D eigenvalue weighted by Gasteiger charge is 2.60. The summed E-state index contributed by atoms with van der Waals surface area (Å²) in [6, 6.07) is 8.89. The smallest absolute Gasteiger partial charge is 0.410 e. The molecule has 3 N–H and O–H groups in total. The molecule has 0 aliphatic carbocycles. The van der Waals surface area contributed by atoms with Crippen molar-refractivity contribution in [3.63, 3.8) is 0 Å². The molecule has 7 atom stereocenters. The Hall–Kier alpha value is -5.76. The first-order valence-corrected chi connectivity index (χ1v) is 18.3. The zero-order valence-corrected chi connectivity index (χ0v) is 30.5. The van der Waals surface area contributed by atoms with Gasteiger partial charge in [0.1, 0.15) is 25.0 Å². The van der Waals surface area contributed by atoms with Gasteiger partial charge in [0.2, 0.25) is 11.8 Å². The van der Waals surface area contributed by atoms with E-state index in [9.17, 15) is 54.4 Å². The summed E-state index contributed by atoms with van der Waals surface area (Å²) < 4.78 is 10.9. The fourth-order valence-electron chi connectivity index (χ4n) is 7.42. The van der Waals surface area contributed by atoms with Crippen LogP contribution in [0, 0.1) is 32.1 Å². The fraction of sp³-hybridized carbons (Fsp3) is 0.457. The molecule has 4 aliphatic heterocycles. The molecule has 0 spiro atoms. The van der Waals surface area contributed by atoms with E-state index in [2.05, 4.69) is 5.32 Å². The molecular weight excluding hydrogens is 744 g/mol. The number of aliphatic hydroxyl groups is 1. The Labute approximate surface area is 317 Å². The number of nitro benzene ring substituents is 2. The third kappa shape index (κ3) is 8.04. The largest absolute Gasteiger partial charge is 0.477 e. The summed E-state index contributed by atoms with van der Waals surface area (Å²) >= 11 is 1.16. The topological polar surface area (TPSA) is 252 Å². The lowest BCUT2D eigenvalue weighted by atomic mass is 9.79. The van der Waals surface area contributed by atoms with Crippen LogP contribution in [-0.2, 0) is 37.1 Å². The van der Waals surface area contributed by atoms with Crippen molar-refractivity contribution in [3.05, 3.63) is 90.5 Å². The number of aliphatic carboxylic acids is 1. The number of fused-ring (bicyclic) bond motifs is 1. The number of thioether (sulfide) groups is 1. The lowest BCUT2D eigenvalue weighted by Gasteiger charge is -2.46. The molecule has 55 heavy (non-hydrogen) atoms. The molecule has 3 saturated heterocycles. The van der Waals surface area contributed by atoms with Crippen LogP contribution in [0.25, 0.3) is 0 Å². The van der Waals surface area contributed by atoms with Gasteiger partial charge in [-0.05, 0) is 55.2 Å². The van der Waals surface area contributed by atoms with Crippen molar-refractivity contribution in [1.29, 1.82) is 0 Å². The summed E-state index contributed by atoms with van der Waals surface area (Å²) in [5, 5.41) is 44.7. The van der Waals surface area contributed by atoms with Crippen molar-refractivity contribution >= 4 is 53.1 Å². The van der Waals surface area contributed by atoms with Gasteiger partial charge in [0.05, 0.1) is 27.9 Å². The number of ether oxygens (including phenoxy) is 2. The van der Waals surface area contributed by atoms with E-state index < -0.39 is 81.1 Å². The number of benzene rings is 2. The SMILES string of the molecule is C[C@@H](O)[C@H]1C(=O)N2C(C(=O)O)=C(S[C@H]3C[C@@H](C(=O)N[C@H]4CCN(C(=O)OCc5ccc([N+](=O)[O-])cc5)C4)N(C(=O)OCc4ccc([N+](=O)[O-])cc4)C3)[C@H](C)[C@H]12. The van der Waals surface area contributed by atoms with Gasteiger partial charge in [-0.1, -0.05) is 6.92 Å². The maximum atomic E-state index is 13.8. The molecule has 20 heteroatoms. The average Bonchev–Trinajstić information content (AvgIpc) is 3.85. The molecule has 292 valence electrons. The van der Waals surface area contributed by atoms with E-state index >= 15 is 0 Å². The van der Waals surface area contributed by atoms with E-state index in [0.717, 1.165) is 11.8 Å². The van der Waals surface area contributed by atoms with Gasteiger partial charge >= 0.3 is 18.2 Å². The Bertz CT molecular complexity index is 1920. The molecule has 19 nitrogen and oxygen atoms in total. The summed E-state index contributed by atoms with van der Waals surface area (Å²) in [7, 11) is 0. The van der Waals surface area contributed by atoms with E-state index in [1.54, 1.807) is 6.92 Å². The lowest BCUT2D eigenvalue weighted by Crippen LogP contribution is -2.63. The van der Waals surface area contributed by atoms with Crippen molar-refractivity contribution in [2.24, 2.45) is 11.8 Å². The predicted octanol–water partition coefficient (Wildman–Crippen LogP) is 3.00. The van der Waals surface area contributed by atoms with Crippen LogP contribution in [0.5, 0.6) is 0 Å². The first-order chi connectivity index (χ1) is 26.1. The van der Waals surface area contributed by atoms with Crippen molar-refractivity contribution in [2.75, 3.05) is 19.6 Å². The van der Waals surface area contributed by atoms with Crippen LogP contribution >= 0.6 is 11.8 Å².